The van der Waals surface area contributed by atoms with Gasteiger partial charge in [0.05, 0.1) is 23.9 Å². The molecule has 5 nitrogen and oxygen atoms in total. The molecule has 0 saturated carbocycles. The second kappa shape index (κ2) is 7.32. The fourth-order valence-corrected chi connectivity index (χ4v) is 1.66. The second-order valence-corrected chi connectivity index (χ2v) is 4.08. The molecule has 1 aromatic heterocycles. The van der Waals surface area contributed by atoms with E-state index in [0.29, 0.717) is 19.7 Å². The molecule has 0 aliphatic heterocycles. The lowest BCUT2D eigenvalue weighted by molar-refractivity contribution is -0.122. The zero-order valence-corrected chi connectivity index (χ0v) is 10.3. The number of ether oxygens (including phenoxy) is 1. The molecule has 1 atom stereocenters. The zero-order chi connectivity index (χ0) is 11.8. The van der Waals surface area contributed by atoms with E-state index in [0.717, 1.165) is 5.69 Å². The van der Waals surface area contributed by atoms with Crippen molar-refractivity contribution >= 4 is 17.2 Å². The molecule has 1 heterocycles. The molecule has 1 rings (SSSR count). The van der Waals surface area contributed by atoms with Crippen molar-refractivity contribution in [2.24, 2.45) is 0 Å². The molecule has 2 N–H and O–H groups in total. The van der Waals surface area contributed by atoms with E-state index in [-0.39, 0.29) is 11.9 Å². The number of carbonyl (C=O) groups excluding carboxylic acids is 1. The lowest BCUT2D eigenvalue weighted by atomic mass is 10.3. The highest BCUT2D eigenvalue weighted by atomic mass is 32.1. The number of thiazole rings is 1. The summed E-state index contributed by atoms with van der Waals surface area (Å²) in [4.78, 5) is 15.7. The van der Waals surface area contributed by atoms with E-state index in [4.69, 9.17) is 4.74 Å². The Hall–Kier alpha value is -0.980. The number of aromatic nitrogens is 1. The van der Waals surface area contributed by atoms with Crippen LogP contribution < -0.4 is 10.6 Å². The Bertz CT molecular complexity index is 303. The molecule has 6 heteroatoms. The van der Waals surface area contributed by atoms with Crippen LogP contribution in [0.1, 0.15) is 12.6 Å². The van der Waals surface area contributed by atoms with Crippen LogP contribution in [0.15, 0.2) is 10.9 Å². The summed E-state index contributed by atoms with van der Waals surface area (Å²) in [6.45, 7) is 3.51. The Balaban J connectivity index is 2.18. The molecule has 0 aliphatic rings. The number of amides is 1. The van der Waals surface area contributed by atoms with Crippen LogP contribution in [0.25, 0.3) is 0 Å². The fraction of sp³-hybridized carbons (Fsp3) is 0.600. The smallest absolute Gasteiger partial charge is 0.236 e. The van der Waals surface area contributed by atoms with Gasteiger partial charge in [0.25, 0.3) is 0 Å². The number of hydrogen-bond acceptors (Lipinski definition) is 5. The molecule has 0 aromatic carbocycles. The minimum Gasteiger partial charge on any atom is -0.383 e. The minimum atomic E-state index is -0.224. The summed E-state index contributed by atoms with van der Waals surface area (Å²) >= 11 is 1.55. The minimum absolute atomic E-state index is 0.0210. The molecule has 90 valence electrons. The maximum absolute atomic E-state index is 11.5. The predicted molar refractivity (Wildman–Crippen MR) is 63.3 cm³/mol. The maximum atomic E-state index is 11.5. The van der Waals surface area contributed by atoms with Gasteiger partial charge in [-0.05, 0) is 6.92 Å². The van der Waals surface area contributed by atoms with E-state index in [1.807, 2.05) is 12.3 Å². The van der Waals surface area contributed by atoms with Crippen molar-refractivity contribution in [1.82, 2.24) is 15.6 Å². The van der Waals surface area contributed by atoms with Crippen LogP contribution in [0.3, 0.4) is 0 Å². The highest BCUT2D eigenvalue weighted by Crippen LogP contribution is 2.00. The molecule has 0 aliphatic carbocycles. The average molecular weight is 243 g/mol. The van der Waals surface area contributed by atoms with Crippen molar-refractivity contribution in [2.45, 2.75) is 19.5 Å². The first-order valence-corrected chi connectivity index (χ1v) is 6.05. The second-order valence-electron chi connectivity index (χ2n) is 3.37. The SMILES string of the molecule is COCCNC(=O)C(C)NCc1cscn1. The third kappa shape index (κ3) is 4.69. The lowest BCUT2D eigenvalue weighted by Gasteiger charge is -2.12. The van der Waals surface area contributed by atoms with Gasteiger partial charge in [-0.25, -0.2) is 4.98 Å². The molecule has 0 bridgehead atoms. The molecule has 1 unspecified atom stereocenters. The maximum Gasteiger partial charge on any atom is 0.236 e. The van der Waals surface area contributed by atoms with Crippen molar-refractivity contribution in [3.05, 3.63) is 16.6 Å². The number of carbonyl (C=O) groups is 1. The van der Waals surface area contributed by atoms with E-state index < -0.39 is 0 Å². The fourth-order valence-electron chi connectivity index (χ4n) is 1.10. The average Bonchev–Trinajstić information content (AvgIpc) is 2.79. The van der Waals surface area contributed by atoms with Gasteiger partial charge in [0.15, 0.2) is 0 Å². The lowest BCUT2D eigenvalue weighted by Crippen LogP contribution is -2.42. The molecular weight excluding hydrogens is 226 g/mol. The van der Waals surface area contributed by atoms with Crippen molar-refractivity contribution in [3.8, 4) is 0 Å². The van der Waals surface area contributed by atoms with Crippen LogP contribution in [0.2, 0.25) is 0 Å². The van der Waals surface area contributed by atoms with Gasteiger partial charge in [0, 0.05) is 25.6 Å². The summed E-state index contributed by atoms with van der Waals surface area (Å²) in [5.41, 5.74) is 2.74. The summed E-state index contributed by atoms with van der Waals surface area (Å²) in [5, 5.41) is 7.83. The zero-order valence-electron chi connectivity index (χ0n) is 9.53. The van der Waals surface area contributed by atoms with Crippen LogP contribution in [-0.2, 0) is 16.1 Å². The Kier molecular flexibility index (Phi) is 5.99. The van der Waals surface area contributed by atoms with E-state index in [1.54, 1.807) is 24.0 Å². The van der Waals surface area contributed by atoms with Gasteiger partial charge in [-0.1, -0.05) is 0 Å². The van der Waals surface area contributed by atoms with Crippen molar-refractivity contribution in [3.63, 3.8) is 0 Å². The first-order chi connectivity index (χ1) is 7.74. The standard InChI is InChI=1S/C10H17N3O2S/c1-8(10(14)11-3-4-15-2)12-5-9-6-16-7-13-9/h6-8,12H,3-5H2,1-2H3,(H,11,14). The Morgan fingerprint density at radius 2 is 2.50 bits per heavy atom. The summed E-state index contributed by atoms with van der Waals surface area (Å²) in [5.74, 6) is -0.0210. The van der Waals surface area contributed by atoms with Gasteiger partial charge in [-0.15, -0.1) is 11.3 Å². The molecule has 0 saturated heterocycles. The third-order valence-electron chi connectivity index (χ3n) is 2.07. The molecule has 0 spiro atoms. The van der Waals surface area contributed by atoms with Crippen LogP contribution >= 0.6 is 11.3 Å². The van der Waals surface area contributed by atoms with E-state index in [2.05, 4.69) is 15.6 Å². The first-order valence-electron chi connectivity index (χ1n) is 5.11. The highest BCUT2D eigenvalue weighted by Gasteiger charge is 2.11. The third-order valence-corrected chi connectivity index (χ3v) is 2.71. The molecular formula is C10H17N3O2S. The van der Waals surface area contributed by atoms with E-state index in [9.17, 15) is 4.79 Å². The summed E-state index contributed by atoms with van der Waals surface area (Å²) in [6.07, 6.45) is 0. The number of methoxy groups -OCH3 is 1. The Morgan fingerprint density at radius 1 is 1.69 bits per heavy atom. The molecule has 0 fully saturated rings. The predicted octanol–water partition coefficient (Wildman–Crippen LogP) is 0.384. The van der Waals surface area contributed by atoms with Gasteiger partial charge in [-0.2, -0.15) is 0 Å². The summed E-state index contributed by atoms with van der Waals surface area (Å²) < 4.78 is 4.85. The largest absolute Gasteiger partial charge is 0.383 e. The number of nitrogens with one attached hydrogen (secondary N) is 2. The monoisotopic (exact) mass is 243 g/mol. The van der Waals surface area contributed by atoms with Crippen molar-refractivity contribution in [1.29, 1.82) is 0 Å². The quantitative estimate of drug-likeness (QED) is 0.680. The normalized spacial score (nSPS) is 12.4. The summed E-state index contributed by atoms with van der Waals surface area (Å²) in [7, 11) is 1.61. The van der Waals surface area contributed by atoms with Crippen molar-refractivity contribution in [2.75, 3.05) is 20.3 Å². The van der Waals surface area contributed by atoms with Gasteiger partial charge < -0.3 is 15.4 Å². The van der Waals surface area contributed by atoms with Gasteiger partial charge in [0.2, 0.25) is 5.91 Å². The molecule has 1 amide bonds. The molecule has 0 radical (unpaired) electrons. The van der Waals surface area contributed by atoms with Gasteiger partial charge >= 0.3 is 0 Å². The van der Waals surface area contributed by atoms with Crippen LogP contribution in [0.5, 0.6) is 0 Å². The van der Waals surface area contributed by atoms with Crippen LogP contribution in [-0.4, -0.2) is 37.2 Å². The van der Waals surface area contributed by atoms with Crippen LogP contribution in [0, 0.1) is 0 Å². The Labute approximate surface area is 99.2 Å². The number of rotatable bonds is 7. The van der Waals surface area contributed by atoms with Gasteiger partial charge in [-0.3, -0.25) is 4.79 Å². The molecule has 1 aromatic rings. The first kappa shape index (κ1) is 13.1. The van der Waals surface area contributed by atoms with Crippen LogP contribution in [0.4, 0.5) is 0 Å². The highest BCUT2D eigenvalue weighted by molar-refractivity contribution is 7.07. The summed E-state index contributed by atoms with van der Waals surface area (Å²) in [6, 6.07) is -0.224. The topological polar surface area (TPSA) is 63.2 Å². The Morgan fingerprint density at radius 3 is 3.12 bits per heavy atom. The van der Waals surface area contributed by atoms with E-state index >= 15 is 0 Å². The van der Waals surface area contributed by atoms with E-state index in [1.165, 1.54) is 0 Å². The molecule has 16 heavy (non-hydrogen) atoms. The van der Waals surface area contributed by atoms with Crippen molar-refractivity contribution < 1.29 is 9.53 Å². The van der Waals surface area contributed by atoms with Gasteiger partial charge in [0.1, 0.15) is 0 Å². The number of hydrogen-bond donors (Lipinski definition) is 2. The number of nitrogens with zero attached hydrogens (tertiary/aromatic N) is 1.